The summed E-state index contributed by atoms with van der Waals surface area (Å²) in [4.78, 5) is 16.3. The van der Waals surface area contributed by atoms with Crippen molar-refractivity contribution in [2.24, 2.45) is 0 Å². The van der Waals surface area contributed by atoms with Gasteiger partial charge in [0.25, 0.3) is 0 Å². The summed E-state index contributed by atoms with van der Waals surface area (Å²) < 4.78 is 12.6. The number of fused-ring (bicyclic) bond motifs is 1. The summed E-state index contributed by atoms with van der Waals surface area (Å²) >= 11 is 9.98. The highest BCUT2D eigenvalue weighted by molar-refractivity contribution is 9.10. The van der Waals surface area contributed by atoms with Crippen molar-refractivity contribution >= 4 is 44.4 Å². The van der Waals surface area contributed by atoms with E-state index in [4.69, 9.17) is 26.1 Å². The first kappa shape index (κ1) is 23.1. The first-order chi connectivity index (χ1) is 17.0. The Morgan fingerprint density at radius 3 is 2.26 bits per heavy atom. The SMILES string of the molecule is CC(=O)Oc1ccc(Oc2c(-c3cccc(Br)c3)nc3ccc(Cl)cc3c2-c2ccccc2)cc1. The van der Waals surface area contributed by atoms with Crippen LogP contribution in [-0.4, -0.2) is 11.0 Å². The molecule has 0 saturated carbocycles. The number of carbonyl (C=O) groups excluding carboxylic acids is 1. The molecule has 0 fully saturated rings. The molecule has 1 heterocycles. The van der Waals surface area contributed by atoms with Gasteiger partial charge in [-0.05, 0) is 60.2 Å². The number of carbonyl (C=O) groups is 1. The fourth-order valence-electron chi connectivity index (χ4n) is 3.90. The highest BCUT2D eigenvalue weighted by atomic mass is 79.9. The quantitative estimate of drug-likeness (QED) is 0.164. The molecule has 0 saturated heterocycles. The summed E-state index contributed by atoms with van der Waals surface area (Å²) in [6, 6.07) is 30.6. The van der Waals surface area contributed by atoms with Gasteiger partial charge < -0.3 is 9.47 Å². The lowest BCUT2D eigenvalue weighted by molar-refractivity contribution is -0.131. The van der Waals surface area contributed by atoms with E-state index < -0.39 is 0 Å². The zero-order valence-corrected chi connectivity index (χ0v) is 21.0. The minimum atomic E-state index is -0.377. The molecule has 0 unspecified atom stereocenters. The molecule has 0 aliphatic carbocycles. The summed E-state index contributed by atoms with van der Waals surface area (Å²) in [5.41, 5.74) is 4.27. The summed E-state index contributed by atoms with van der Waals surface area (Å²) in [6.07, 6.45) is 0. The Balaban J connectivity index is 1.77. The maximum absolute atomic E-state index is 11.3. The van der Waals surface area contributed by atoms with E-state index in [1.807, 2.05) is 72.8 Å². The van der Waals surface area contributed by atoms with Crippen LogP contribution < -0.4 is 9.47 Å². The average molecular weight is 545 g/mol. The molecule has 5 rings (SSSR count). The lowest BCUT2D eigenvalue weighted by Crippen LogP contribution is -2.01. The third kappa shape index (κ3) is 5.06. The number of benzene rings is 4. The van der Waals surface area contributed by atoms with Gasteiger partial charge in [0, 0.05) is 32.9 Å². The molecule has 1 aromatic heterocycles. The summed E-state index contributed by atoms with van der Waals surface area (Å²) in [7, 11) is 0. The minimum Gasteiger partial charge on any atom is -0.454 e. The fraction of sp³-hybridized carbons (Fsp3) is 0.0345. The van der Waals surface area contributed by atoms with Crippen molar-refractivity contribution in [3.05, 3.63) is 107 Å². The number of rotatable bonds is 5. The molecule has 4 aromatic carbocycles. The molecule has 0 spiro atoms. The lowest BCUT2D eigenvalue weighted by Gasteiger charge is -2.19. The van der Waals surface area contributed by atoms with Gasteiger partial charge in [0.2, 0.25) is 0 Å². The van der Waals surface area contributed by atoms with Gasteiger partial charge in [-0.2, -0.15) is 0 Å². The van der Waals surface area contributed by atoms with Gasteiger partial charge in [0.15, 0.2) is 5.75 Å². The number of aromatic nitrogens is 1. The van der Waals surface area contributed by atoms with Gasteiger partial charge >= 0.3 is 5.97 Å². The largest absolute Gasteiger partial charge is 0.454 e. The van der Waals surface area contributed by atoms with Crippen molar-refractivity contribution in [1.29, 1.82) is 0 Å². The number of ether oxygens (including phenoxy) is 2. The molecular formula is C29H19BrClNO3. The van der Waals surface area contributed by atoms with Crippen LogP contribution in [0.2, 0.25) is 5.02 Å². The maximum Gasteiger partial charge on any atom is 0.308 e. The van der Waals surface area contributed by atoms with Crippen molar-refractivity contribution in [3.63, 3.8) is 0 Å². The monoisotopic (exact) mass is 543 g/mol. The van der Waals surface area contributed by atoms with Crippen LogP contribution in [-0.2, 0) is 4.79 Å². The molecule has 35 heavy (non-hydrogen) atoms. The second-order valence-electron chi connectivity index (χ2n) is 7.87. The standard InChI is InChI=1S/C29H19BrClNO3/c1-18(33)34-23-11-13-24(14-12-23)35-29-27(19-6-3-2-4-7-19)25-17-22(31)10-15-26(25)32-28(29)20-8-5-9-21(30)16-20/h2-17H,1H3. The van der Waals surface area contributed by atoms with Gasteiger partial charge in [0.1, 0.15) is 17.2 Å². The van der Waals surface area contributed by atoms with Crippen molar-refractivity contribution in [2.45, 2.75) is 6.92 Å². The Bertz CT molecular complexity index is 1540. The van der Waals surface area contributed by atoms with Gasteiger partial charge in [-0.15, -0.1) is 0 Å². The predicted molar refractivity (Wildman–Crippen MR) is 143 cm³/mol. The maximum atomic E-state index is 11.3. The topological polar surface area (TPSA) is 48.4 Å². The van der Waals surface area contributed by atoms with Crippen LogP contribution >= 0.6 is 27.5 Å². The third-order valence-corrected chi connectivity index (χ3v) is 6.10. The Hall–Kier alpha value is -3.67. The molecule has 0 bridgehead atoms. The molecule has 0 atom stereocenters. The van der Waals surface area contributed by atoms with Crippen molar-refractivity contribution < 1.29 is 14.3 Å². The number of esters is 1. The van der Waals surface area contributed by atoms with E-state index in [1.165, 1.54) is 6.92 Å². The van der Waals surface area contributed by atoms with Crippen LogP contribution in [0.1, 0.15) is 6.92 Å². The zero-order chi connectivity index (χ0) is 24.4. The van der Waals surface area contributed by atoms with E-state index >= 15 is 0 Å². The lowest BCUT2D eigenvalue weighted by atomic mass is 9.96. The summed E-state index contributed by atoms with van der Waals surface area (Å²) in [5.74, 6) is 1.25. The van der Waals surface area contributed by atoms with Crippen molar-refractivity contribution in [1.82, 2.24) is 4.98 Å². The molecular weight excluding hydrogens is 526 g/mol. The van der Waals surface area contributed by atoms with Crippen molar-refractivity contribution in [3.8, 4) is 39.6 Å². The zero-order valence-electron chi connectivity index (χ0n) is 18.7. The molecule has 4 nitrogen and oxygen atoms in total. The number of hydrogen-bond donors (Lipinski definition) is 0. The highest BCUT2D eigenvalue weighted by Crippen LogP contribution is 2.45. The van der Waals surface area contributed by atoms with E-state index in [-0.39, 0.29) is 5.97 Å². The Morgan fingerprint density at radius 1 is 0.829 bits per heavy atom. The van der Waals surface area contributed by atoms with Crippen molar-refractivity contribution in [2.75, 3.05) is 0 Å². The van der Waals surface area contributed by atoms with E-state index in [9.17, 15) is 4.79 Å². The van der Waals surface area contributed by atoms with Gasteiger partial charge in [-0.3, -0.25) is 4.79 Å². The number of halogens is 2. The molecule has 6 heteroatoms. The van der Waals surface area contributed by atoms with Crippen LogP contribution in [0.25, 0.3) is 33.3 Å². The third-order valence-electron chi connectivity index (χ3n) is 5.37. The van der Waals surface area contributed by atoms with Crippen LogP contribution in [0.4, 0.5) is 0 Å². The number of hydrogen-bond acceptors (Lipinski definition) is 4. The van der Waals surface area contributed by atoms with E-state index in [0.29, 0.717) is 28.0 Å². The summed E-state index contributed by atoms with van der Waals surface area (Å²) in [6.45, 7) is 1.37. The van der Waals surface area contributed by atoms with Gasteiger partial charge in [0.05, 0.1) is 5.52 Å². The molecule has 5 aromatic rings. The Kier molecular flexibility index (Phi) is 6.53. The number of pyridine rings is 1. The van der Waals surface area contributed by atoms with Crippen LogP contribution in [0.3, 0.4) is 0 Å². The van der Waals surface area contributed by atoms with Gasteiger partial charge in [-0.25, -0.2) is 4.98 Å². The minimum absolute atomic E-state index is 0.377. The number of nitrogens with zero attached hydrogens (tertiary/aromatic N) is 1. The van der Waals surface area contributed by atoms with Crippen LogP contribution in [0, 0.1) is 0 Å². The molecule has 0 aliphatic rings. The van der Waals surface area contributed by atoms with E-state index in [2.05, 4.69) is 15.9 Å². The first-order valence-electron chi connectivity index (χ1n) is 10.9. The normalized spacial score (nSPS) is 10.8. The van der Waals surface area contributed by atoms with E-state index in [1.54, 1.807) is 24.3 Å². The molecule has 172 valence electrons. The summed E-state index contributed by atoms with van der Waals surface area (Å²) in [5, 5.41) is 1.50. The Morgan fingerprint density at radius 2 is 1.54 bits per heavy atom. The second-order valence-corrected chi connectivity index (χ2v) is 9.22. The molecule has 0 N–H and O–H groups in total. The smallest absolute Gasteiger partial charge is 0.308 e. The molecule has 0 aliphatic heterocycles. The highest BCUT2D eigenvalue weighted by Gasteiger charge is 2.21. The van der Waals surface area contributed by atoms with Crippen LogP contribution in [0.15, 0.2) is 102 Å². The first-order valence-corrected chi connectivity index (χ1v) is 12.1. The Labute approximate surface area is 216 Å². The second kappa shape index (κ2) is 9.90. The van der Waals surface area contributed by atoms with Gasteiger partial charge in [-0.1, -0.05) is 70.0 Å². The molecule has 0 radical (unpaired) electrons. The van der Waals surface area contributed by atoms with Crippen LogP contribution in [0.5, 0.6) is 17.2 Å². The average Bonchev–Trinajstić information content (AvgIpc) is 2.85. The van der Waals surface area contributed by atoms with E-state index in [0.717, 1.165) is 32.1 Å². The molecule has 0 amide bonds. The fourth-order valence-corrected chi connectivity index (χ4v) is 4.47. The predicted octanol–water partition coefficient (Wildman–Crippen LogP) is 8.70.